The number of carbonyl (C=O) groups is 4. The smallest absolute Gasteiger partial charge is 0.327 e. The van der Waals surface area contributed by atoms with Crippen molar-refractivity contribution < 1.29 is 38.1 Å². The molecule has 204 valence electrons. The van der Waals surface area contributed by atoms with Crippen LogP contribution < -0.4 is 5.43 Å². The second-order valence-corrected chi connectivity index (χ2v) is 9.89. The second kappa shape index (κ2) is 9.15. The minimum Gasteiger partial charge on any atom is -0.468 e. The molecule has 0 atom stereocenters. The van der Waals surface area contributed by atoms with E-state index in [0.29, 0.717) is 32.7 Å². The van der Waals surface area contributed by atoms with Crippen LogP contribution in [0.3, 0.4) is 0 Å². The van der Waals surface area contributed by atoms with Crippen molar-refractivity contribution in [2.24, 2.45) is 0 Å². The van der Waals surface area contributed by atoms with Crippen molar-refractivity contribution in [3.8, 4) is 22.3 Å². The minimum absolute atomic E-state index is 0.105. The average molecular weight is 543 g/mol. The van der Waals surface area contributed by atoms with Gasteiger partial charge in [0, 0.05) is 22.3 Å². The minimum atomic E-state index is -2.00. The lowest BCUT2D eigenvalue weighted by atomic mass is 9.79. The lowest BCUT2D eigenvalue weighted by molar-refractivity contribution is -0.162. The first-order valence-corrected chi connectivity index (χ1v) is 12.4. The number of ether oxygens (including phenoxy) is 4. The lowest BCUT2D eigenvalue weighted by Gasteiger charge is -2.25. The van der Waals surface area contributed by atoms with Gasteiger partial charge in [0.05, 0.1) is 28.4 Å². The van der Waals surface area contributed by atoms with Crippen LogP contribution in [-0.4, -0.2) is 52.3 Å². The van der Waals surface area contributed by atoms with Crippen LogP contribution in [-0.2, 0) is 49.0 Å². The van der Waals surface area contributed by atoms with Gasteiger partial charge >= 0.3 is 23.9 Å². The fourth-order valence-corrected chi connectivity index (χ4v) is 6.16. The summed E-state index contributed by atoms with van der Waals surface area (Å²) in [6.07, 6.45) is 0. The molecule has 0 heterocycles. The highest BCUT2D eigenvalue weighted by Crippen LogP contribution is 2.56. The zero-order valence-electron chi connectivity index (χ0n) is 22.8. The van der Waals surface area contributed by atoms with E-state index in [-0.39, 0.29) is 22.3 Å². The molecule has 5 rings (SSSR count). The maximum Gasteiger partial charge on any atom is 0.327 e. The van der Waals surface area contributed by atoms with Gasteiger partial charge in [0.2, 0.25) is 0 Å². The molecule has 0 fully saturated rings. The molecular weight excluding hydrogens is 516 g/mol. The molecule has 9 nitrogen and oxygen atoms in total. The SMILES string of the molecule is COC(=O)C(C)(C(=O)OC)c1c2c(=O)c3c(C(C)(C(=O)OC)C(=O)OC)c4ccccc4c-3c-2c2ccccc12. The predicted octanol–water partition coefficient (Wildman–Crippen LogP) is 3.65. The second-order valence-electron chi connectivity index (χ2n) is 9.89. The molecule has 0 aliphatic heterocycles. The molecule has 0 amide bonds. The zero-order valence-corrected chi connectivity index (χ0v) is 22.8. The molecule has 0 N–H and O–H groups in total. The van der Waals surface area contributed by atoms with Gasteiger partial charge in [-0.25, -0.2) is 0 Å². The van der Waals surface area contributed by atoms with Crippen molar-refractivity contribution in [2.45, 2.75) is 24.7 Å². The molecule has 0 bridgehead atoms. The molecule has 40 heavy (non-hydrogen) atoms. The van der Waals surface area contributed by atoms with E-state index < -0.39 is 40.1 Å². The van der Waals surface area contributed by atoms with Crippen LogP contribution in [0.1, 0.15) is 25.0 Å². The summed E-state index contributed by atoms with van der Waals surface area (Å²) in [5.74, 6) is -3.62. The van der Waals surface area contributed by atoms with E-state index in [0.717, 1.165) is 28.4 Å². The molecule has 0 aromatic heterocycles. The van der Waals surface area contributed by atoms with Gasteiger partial charge in [-0.05, 0) is 46.5 Å². The van der Waals surface area contributed by atoms with E-state index in [1.54, 1.807) is 48.5 Å². The highest BCUT2D eigenvalue weighted by molar-refractivity contribution is 6.26. The Morgan fingerprint density at radius 2 is 0.775 bits per heavy atom. The fourth-order valence-electron chi connectivity index (χ4n) is 6.16. The number of esters is 4. The predicted molar refractivity (Wildman–Crippen MR) is 146 cm³/mol. The molecule has 0 radical (unpaired) electrons. The van der Waals surface area contributed by atoms with E-state index in [9.17, 15) is 24.0 Å². The first kappa shape index (κ1) is 26.8. The molecule has 0 saturated carbocycles. The Hall–Kier alpha value is -4.79. The monoisotopic (exact) mass is 542 g/mol. The van der Waals surface area contributed by atoms with Crippen molar-refractivity contribution in [3.05, 3.63) is 69.9 Å². The maximum absolute atomic E-state index is 14.6. The van der Waals surface area contributed by atoms with Gasteiger partial charge in [0.15, 0.2) is 16.3 Å². The largest absolute Gasteiger partial charge is 0.468 e. The van der Waals surface area contributed by atoms with Gasteiger partial charge < -0.3 is 18.9 Å². The van der Waals surface area contributed by atoms with E-state index in [4.69, 9.17) is 18.9 Å². The molecule has 9 heteroatoms. The third kappa shape index (κ3) is 3.11. The highest BCUT2D eigenvalue weighted by Gasteiger charge is 2.54. The number of rotatable bonds is 6. The van der Waals surface area contributed by atoms with Crippen molar-refractivity contribution >= 4 is 45.4 Å². The Bertz CT molecular complexity index is 1660. The molecule has 2 aromatic carbocycles. The summed E-state index contributed by atoms with van der Waals surface area (Å²) in [4.78, 5) is 67.5. The van der Waals surface area contributed by atoms with Crippen LogP contribution in [0.2, 0.25) is 0 Å². The van der Waals surface area contributed by atoms with Gasteiger partial charge in [0.25, 0.3) is 0 Å². The molecule has 2 aromatic rings. The number of fused-ring (bicyclic) bond motifs is 7. The van der Waals surface area contributed by atoms with Gasteiger partial charge in [0.1, 0.15) is 0 Å². The Kier molecular flexibility index (Phi) is 6.13. The van der Waals surface area contributed by atoms with Crippen molar-refractivity contribution in [3.63, 3.8) is 0 Å². The summed E-state index contributed by atoms with van der Waals surface area (Å²) in [6.45, 7) is 2.71. The Morgan fingerprint density at radius 1 is 0.500 bits per heavy atom. The maximum atomic E-state index is 14.6. The Morgan fingerprint density at radius 3 is 1.05 bits per heavy atom. The van der Waals surface area contributed by atoms with Crippen molar-refractivity contribution in [2.75, 3.05) is 28.4 Å². The number of hydrogen-bond acceptors (Lipinski definition) is 9. The third-order valence-corrected chi connectivity index (χ3v) is 8.01. The normalized spacial score (nSPS) is 12.2. The van der Waals surface area contributed by atoms with E-state index in [1.807, 2.05) is 0 Å². The van der Waals surface area contributed by atoms with Crippen LogP contribution in [0.4, 0.5) is 0 Å². The number of carbonyl (C=O) groups excluding carboxylic acids is 4. The van der Waals surface area contributed by atoms with Crippen LogP contribution in [0.15, 0.2) is 53.3 Å². The summed E-state index contributed by atoms with van der Waals surface area (Å²) in [7, 11) is 4.59. The van der Waals surface area contributed by atoms with E-state index in [2.05, 4.69) is 0 Å². The fraction of sp³-hybridized carbons (Fsp3) is 0.258. The third-order valence-electron chi connectivity index (χ3n) is 8.01. The van der Waals surface area contributed by atoms with Crippen LogP contribution in [0, 0.1) is 0 Å². The van der Waals surface area contributed by atoms with Gasteiger partial charge in [-0.3, -0.25) is 24.0 Å². The van der Waals surface area contributed by atoms with Crippen molar-refractivity contribution in [1.82, 2.24) is 0 Å². The zero-order chi connectivity index (χ0) is 29.1. The summed E-state index contributed by atoms with van der Waals surface area (Å²) < 4.78 is 20.1. The van der Waals surface area contributed by atoms with Gasteiger partial charge in [-0.1, -0.05) is 48.5 Å². The van der Waals surface area contributed by atoms with Crippen molar-refractivity contribution in [1.29, 1.82) is 0 Å². The number of hydrogen-bond donors (Lipinski definition) is 0. The van der Waals surface area contributed by atoms with E-state index >= 15 is 0 Å². The quantitative estimate of drug-likeness (QED) is 0.180. The molecule has 0 saturated heterocycles. The Balaban J connectivity index is 2.09. The average Bonchev–Trinajstić information content (AvgIpc) is 3.60. The lowest BCUT2D eigenvalue weighted by Crippen LogP contribution is -2.44. The first-order chi connectivity index (χ1) is 19.0. The van der Waals surface area contributed by atoms with Crippen LogP contribution >= 0.6 is 0 Å². The summed E-state index contributed by atoms with van der Waals surface area (Å²) in [5.41, 5.74) is -3.10. The van der Waals surface area contributed by atoms with Crippen LogP contribution in [0.5, 0.6) is 0 Å². The number of methoxy groups -OCH3 is 4. The highest BCUT2D eigenvalue weighted by atomic mass is 16.6. The summed E-state index contributed by atoms with van der Waals surface area (Å²) in [5, 5.41) is 2.22. The standard InChI is InChI=1S/C31H26O9/c1-30(26(33)37-3,27(34)38-4)23-17-13-9-7-11-15(17)19-20-16-12-8-10-14-18(16)24(22(20)25(32)21(19)23)31(2,28(35)39-5)29(36)40-6/h7-14H,1-6H3. The molecule has 0 spiro atoms. The topological polar surface area (TPSA) is 122 Å². The first-order valence-electron chi connectivity index (χ1n) is 12.4. The molecular formula is C31H26O9. The van der Waals surface area contributed by atoms with Gasteiger partial charge in [-0.2, -0.15) is 0 Å². The van der Waals surface area contributed by atoms with Gasteiger partial charge in [-0.15, -0.1) is 0 Å². The molecule has 3 aliphatic carbocycles. The van der Waals surface area contributed by atoms with E-state index in [1.165, 1.54) is 13.8 Å². The summed E-state index contributed by atoms with van der Waals surface area (Å²) >= 11 is 0. The Labute approximate surface area is 228 Å². The summed E-state index contributed by atoms with van der Waals surface area (Å²) in [6, 6.07) is 14.1. The molecule has 3 aliphatic rings. The van der Waals surface area contributed by atoms with Crippen LogP contribution in [0.25, 0.3) is 43.8 Å². The number of benzene rings is 2. The molecule has 0 unspecified atom stereocenters.